The van der Waals surface area contributed by atoms with Crippen LogP contribution in [0.15, 0.2) is 25.2 Å². The fourth-order valence-electron chi connectivity index (χ4n) is 2.70. The summed E-state index contributed by atoms with van der Waals surface area (Å²) < 4.78 is 1.60. The molecule has 0 aliphatic carbocycles. The Morgan fingerprint density at radius 1 is 1.40 bits per heavy atom. The fourth-order valence-corrected chi connectivity index (χ4v) is 2.70. The topological polar surface area (TPSA) is 79.7 Å². The zero-order chi connectivity index (χ0) is 13.9. The second kappa shape index (κ2) is 5.44. The Hall–Kier alpha value is -2.18. The van der Waals surface area contributed by atoms with E-state index in [-0.39, 0.29) is 11.9 Å². The van der Waals surface area contributed by atoms with Gasteiger partial charge < -0.3 is 9.88 Å². The summed E-state index contributed by atoms with van der Waals surface area (Å²) in [5, 5.41) is 4.03. The number of hydrogen-bond acceptors (Lipinski definition) is 4. The van der Waals surface area contributed by atoms with E-state index >= 15 is 0 Å². The Labute approximate surface area is 117 Å². The summed E-state index contributed by atoms with van der Waals surface area (Å²) in [6, 6.07) is -0.291. The Morgan fingerprint density at radius 2 is 2.20 bits per heavy atom. The molecule has 0 bridgehead atoms. The number of imidazole rings is 1. The third-order valence-corrected chi connectivity index (χ3v) is 3.96. The van der Waals surface area contributed by atoms with Gasteiger partial charge in [-0.3, -0.25) is 4.79 Å². The lowest BCUT2D eigenvalue weighted by Crippen LogP contribution is -2.41. The van der Waals surface area contributed by atoms with Gasteiger partial charge in [-0.2, -0.15) is 5.10 Å². The van der Waals surface area contributed by atoms with Gasteiger partial charge in [-0.1, -0.05) is 0 Å². The van der Waals surface area contributed by atoms with Gasteiger partial charge in [0.25, 0.3) is 0 Å². The molecule has 106 valence electrons. The predicted molar refractivity (Wildman–Crippen MR) is 71.9 cm³/mol. The van der Waals surface area contributed by atoms with Crippen LogP contribution in [0.1, 0.15) is 37.4 Å². The van der Waals surface area contributed by atoms with Gasteiger partial charge in [-0.25, -0.2) is 14.6 Å². The first kappa shape index (κ1) is 12.8. The van der Waals surface area contributed by atoms with Gasteiger partial charge in [0.05, 0.1) is 6.33 Å². The fraction of sp³-hybridized carbons (Fsp3) is 0.538. The largest absolute Gasteiger partial charge is 0.348 e. The van der Waals surface area contributed by atoms with Gasteiger partial charge in [-0.05, 0) is 19.8 Å². The zero-order valence-electron chi connectivity index (χ0n) is 11.4. The van der Waals surface area contributed by atoms with Gasteiger partial charge in [0.15, 0.2) is 0 Å². The molecular formula is C13H18N6O. The molecule has 0 spiro atoms. The predicted octanol–water partition coefficient (Wildman–Crippen LogP) is 0.968. The van der Waals surface area contributed by atoms with Crippen molar-refractivity contribution in [2.75, 3.05) is 13.1 Å². The summed E-state index contributed by atoms with van der Waals surface area (Å²) >= 11 is 0. The molecule has 1 unspecified atom stereocenters. The van der Waals surface area contributed by atoms with Crippen molar-refractivity contribution in [2.24, 2.45) is 0 Å². The number of aromatic amines is 1. The van der Waals surface area contributed by atoms with Crippen molar-refractivity contribution in [1.82, 2.24) is 29.6 Å². The number of aromatic nitrogens is 5. The first-order chi connectivity index (χ1) is 9.75. The molecule has 7 heteroatoms. The van der Waals surface area contributed by atoms with Crippen LogP contribution in [0.5, 0.6) is 0 Å². The van der Waals surface area contributed by atoms with E-state index in [9.17, 15) is 4.79 Å². The molecule has 1 saturated heterocycles. The summed E-state index contributed by atoms with van der Waals surface area (Å²) in [5.74, 6) is 0.585. The molecule has 7 nitrogen and oxygen atoms in total. The van der Waals surface area contributed by atoms with Crippen molar-refractivity contribution in [3.05, 3.63) is 30.9 Å². The molecule has 1 amide bonds. The lowest BCUT2D eigenvalue weighted by Gasteiger charge is -2.33. The third kappa shape index (κ3) is 2.43. The molecule has 3 heterocycles. The quantitative estimate of drug-likeness (QED) is 0.904. The van der Waals surface area contributed by atoms with E-state index in [1.165, 1.54) is 12.0 Å². The lowest BCUT2D eigenvalue weighted by molar-refractivity contribution is -0.135. The second-order valence-corrected chi connectivity index (χ2v) is 5.16. The number of H-pyrrole nitrogens is 1. The molecule has 0 radical (unpaired) electrons. The molecule has 1 aliphatic rings. The maximum absolute atomic E-state index is 12.4. The van der Waals surface area contributed by atoms with Crippen LogP contribution in [0.3, 0.4) is 0 Å². The second-order valence-electron chi connectivity index (χ2n) is 5.16. The minimum atomic E-state index is -0.291. The molecule has 1 N–H and O–H groups in total. The molecule has 2 aromatic heterocycles. The lowest BCUT2D eigenvalue weighted by atomic mass is 9.94. The SMILES string of the molecule is CC(C(=O)N1CCC(c2cnc[nH]2)CC1)n1cncn1. The normalized spacial score (nSPS) is 18.1. The minimum Gasteiger partial charge on any atom is -0.348 e. The third-order valence-electron chi connectivity index (χ3n) is 3.96. The maximum atomic E-state index is 12.4. The minimum absolute atomic E-state index is 0.110. The molecule has 1 aliphatic heterocycles. The number of nitrogens with zero attached hydrogens (tertiary/aromatic N) is 5. The average Bonchev–Trinajstić information content (AvgIpc) is 3.18. The van der Waals surface area contributed by atoms with Crippen molar-refractivity contribution in [1.29, 1.82) is 0 Å². The highest BCUT2D eigenvalue weighted by atomic mass is 16.2. The standard InChI is InChI=1S/C13H18N6O/c1-10(19-9-15-8-17-19)13(20)18-4-2-11(3-5-18)12-6-14-7-16-12/h6-11H,2-5H2,1H3,(H,14,16). The molecule has 1 fully saturated rings. The van der Waals surface area contributed by atoms with E-state index in [1.54, 1.807) is 17.3 Å². The van der Waals surface area contributed by atoms with Crippen LogP contribution in [-0.2, 0) is 4.79 Å². The van der Waals surface area contributed by atoms with Crippen LogP contribution in [0.4, 0.5) is 0 Å². The Kier molecular flexibility index (Phi) is 3.49. The number of amides is 1. The maximum Gasteiger partial charge on any atom is 0.247 e. The summed E-state index contributed by atoms with van der Waals surface area (Å²) in [6.45, 7) is 3.42. The molecule has 20 heavy (non-hydrogen) atoms. The summed E-state index contributed by atoms with van der Waals surface area (Å²) in [6.07, 6.45) is 8.56. The van der Waals surface area contributed by atoms with Gasteiger partial charge in [0, 0.05) is 30.9 Å². The van der Waals surface area contributed by atoms with Crippen LogP contribution >= 0.6 is 0 Å². The molecule has 0 saturated carbocycles. The van der Waals surface area contributed by atoms with E-state index in [0.29, 0.717) is 5.92 Å². The number of likely N-dealkylation sites (tertiary alicyclic amines) is 1. The Balaban J connectivity index is 1.59. The van der Waals surface area contributed by atoms with E-state index in [0.717, 1.165) is 25.9 Å². The van der Waals surface area contributed by atoms with Crippen molar-refractivity contribution in [3.63, 3.8) is 0 Å². The summed E-state index contributed by atoms with van der Waals surface area (Å²) in [4.78, 5) is 25.4. The Bertz CT molecular complexity index is 541. The van der Waals surface area contributed by atoms with Gasteiger partial charge in [0.2, 0.25) is 5.91 Å². The smallest absolute Gasteiger partial charge is 0.247 e. The zero-order valence-corrected chi connectivity index (χ0v) is 11.4. The van der Waals surface area contributed by atoms with Crippen LogP contribution in [-0.4, -0.2) is 48.6 Å². The number of nitrogens with one attached hydrogen (secondary N) is 1. The van der Waals surface area contributed by atoms with Crippen molar-refractivity contribution in [2.45, 2.75) is 31.7 Å². The summed E-state index contributed by atoms with van der Waals surface area (Å²) in [5.41, 5.74) is 1.17. The van der Waals surface area contributed by atoms with Crippen LogP contribution in [0, 0.1) is 0 Å². The highest BCUT2D eigenvalue weighted by Crippen LogP contribution is 2.27. The molecule has 2 aromatic rings. The van der Waals surface area contributed by atoms with Crippen LogP contribution in [0.25, 0.3) is 0 Å². The average molecular weight is 274 g/mol. The highest BCUT2D eigenvalue weighted by molar-refractivity contribution is 5.80. The molecular weight excluding hydrogens is 256 g/mol. The van der Waals surface area contributed by atoms with Gasteiger partial charge in [0.1, 0.15) is 18.7 Å². The van der Waals surface area contributed by atoms with Crippen molar-refractivity contribution in [3.8, 4) is 0 Å². The summed E-state index contributed by atoms with van der Waals surface area (Å²) in [7, 11) is 0. The first-order valence-electron chi connectivity index (χ1n) is 6.87. The molecule has 0 aromatic carbocycles. The van der Waals surface area contributed by atoms with Gasteiger partial charge >= 0.3 is 0 Å². The number of carbonyl (C=O) groups excluding carboxylic acids is 1. The van der Waals surface area contributed by atoms with Crippen molar-refractivity contribution < 1.29 is 4.79 Å². The highest BCUT2D eigenvalue weighted by Gasteiger charge is 2.28. The number of piperidine rings is 1. The molecule has 3 rings (SSSR count). The number of carbonyl (C=O) groups is 1. The Morgan fingerprint density at radius 3 is 2.80 bits per heavy atom. The van der Waals surface area contributed by atoms with Crippen LogP contribution in [0.2, 0.25) is 0 Å². The first-order valence-corrected chi connectivity index (χ1v) is 6.87. The van der Waals surface area contributed by atoms with Crippen LogP contribution < -0.4 is 0 Å². The number of hydrogen-bond donors (Lipinski definition) is 1. The van der Waals surface area contributed by atoms with E-state index < -0.39 is 0 Å². The van der Waals surface area contributed by atoms with E-state index in [2.05, 4.69) is 20.1 Å². The molecule has 1 atom stereocenters. The number of rotatable bonds is 3. The van der Waals surface area contributed by atoms with E-state index in [1.807, 2.05) is 18.0 Å². The van der Waals surface area contributed by atoms with Crippen molar-refractivity contribution >= 4 is 5.91 Å². The van der Waals surface area contributed by atoms with E-state index in [4.69, 9.17) is 0 Å². The van der Waals surface area contributed by atoms with Gasteiger partial charge in [-0.15, -0.1) is 0 Å². The monoisotopic (exact) mass is 274 g/mol.